The summed E-state index contributed by atoms with van der Waals surface area (Å²) in [5, 5.41) is 0. The van der Waals surface area contributed by atoms with Crippen molar-refractivity contribution in [3.63, 3.8) is 0 Å². The second-order valence-electron chi connectivity index (χ2n) is 3.93. The molecule has 1 nitrogen and oxygen atoms in total. The molecular weight excluding hydrogens is 252 g/mol. The van der Waals surface area contributed by atoms with Gasteiger partial charge in [-0.2, -0.15) is 0 Å². The van der Waals surface area contributed by atoms with E-state index in [1.807, 2.05) is 0 Å². The van der Waals surface area contributed by atoms with Crippen LogP contribution >= 0.6 is 15.9 Å². The molecule has 1 aromatic carbocycles. The van der Waals surface area contributed by atoms with Crippen molar-refractivity contribution < 1.29 is 4.74 Å². The van der Waals surface area contributed by atoms with Crippen molar-refractivity contribution in [3.05, 3.63) is 41.5 Å². The molecule has 0 radical (unpaired) electrons. The molecule has 1 aromatic rings. The van der Waals surface area contributed by atoms with Gasteiger partial charge in [0, 0.05) is 11.1 Å². The van der Waals surface area contributed by atoms with E-state index in [1.54, 1.807) is 0 Å². The van der Waals surface area contributed by atoms with Crippen LogP contribution < -0.4 is 0 Å². The lowest BCUT2D eigenvalue weighted by Crippen LogP contribution is -1.99. The van der Waals surface area contributed by atoms with E-state index in [1.165, 1.54) is 17.5 Å². The molecule has 0 aliphatic carbocycles. The van der Waals surface area contributed by atoms with Gasteiger partial charge in [0.2, 0.25) is 0 Å². The minimum absolute atomic E-state index is 0.292. The molecule has 2 rings (SSSR count). The number of hydrogen-bond acceptors (Lipinski definition) is 1. The van der Waals surface area contributed by atoms with Gasteiger partial charge < -0.3 is 4.74 Å². The Morgan fingerprint density at radius 1 is 1.40 bits per heavy atom. The van der Waals surface area contributed by atoms with Crippen LogP contribution in [-0.2, 0) is 4.74 Å². The summed E-state index contributed by atoms with van der Waals surface area (Å²) in [6, 6.07) is 8.51. The number of hydrogen-bond donors (Lipinski definition) is 0. The van der Waals surface area contributed by atoms with Crippen molar-refractivity contribution in [2.75, 3.05) is 6.61 Å². The largest absolute Gasteiger partial charge is 0.374 e. The molecule has 0 N–H and O–H groups in total. The fourth-order valence-corrected chi connectivity index (χ4v) is 2.27. The van der Waals surface area contributed by atoms with Crippen molar-refractivity contribution >= 4 is 20.4 Å². The normalized spacial score (nSPS) is 22.0. The van der Waals surface area contributed by atoms with Gasteiger partial charge >= 0.3 is 0 Å². The van der Waals surface area contributed by atoms with E-state index in [-0.39, 0.29) is 0 Å². The van der Waals surface area contributed by atoms with Gasteiger partial charge in [-0.1, -0.05) is 45.8 Å². The lowest BCUT2D eigenvalue weighted by atomic mass is 10.1. The van der Waals surface area contributed by atoms with Crippen molar-refractivity contribution in [2.24, 2.45) is 0 Å². The molecule has 15 heavy (non-hydrogen) atoms. The van der Waals surface area contributed by atoms with Gasteiger partial charge in [0.25, 0.3) is 0 Å². The minimum atomic E-state index is 0.292. The summed E-state index contributed by atoms with van der Waals surface area (Å²) in [6.45, 7) is 3.00. The standard InChI is InChI=1S/C13H15BrO/c1-10-4-6-11(7-5-10)13(14)9-12-3-2-8-15-12/h4-7,9,12H,2-3,8H2,1H3/b13-9+. The topological polar surface area (TPSA) is 9.23 Å². The van der Waals surface area contributed by atoms with E-state index in [0.717, 1.165) is 17.5 Å². The molecule has 1 unspecified atom stereocenters. The predicted octanol–water partition coefficient (Wildman–Crippen LogP) is 3.91. The third-order valence-electron chi connectivity index (χ3n) is 2.62. The van der Waals surface area contributed by atoms with Gasteiger partial charge in [0.1, 0.15) is 0 Å². The van der Waals surface area contributed by atoms with E-state index in [0.29, 0.717) is 6.10 Å². The maximum absolute atomic E-state index is 5.56. The third kappa shape index (κ3) is 2.93. The summed E-state index contributed by atoms with van der Waals surface area (Å²) in [5.74, 6) is 0. The van der Waals surface area contributed by atoms with Gasteiger partial charge in [0.15, 0.2) is 0 Å². The number of ether oxygens (including phenoxy) is 1. The molecule has 0 bridgehead atoms. The number of aryl methyl sites for hydroxylation is 1. The molecule has 1 atom stereocenters. The molecule has 0 saturated carbocycles. The highest BCUT2D eigenvalue weighted by Gasteiger charge is 2.13. The lowest BCUT2D eigenvalue weighted by Gasteiger charge is -2.05. The second kappa shape index (κ2) is 4.95. The zero-order valence-electron chi connectivity index (χ0n) is 8.87. The Balaban J connectivity index is 2.12. The van der Waals surface area contributed by atoms with Crippen molar-refractivity contribution in [1.82, 2.24) is 0 Å². The molecular formula is C13H15BrO. The molecule has 0 spiro atoms. The SMILES string of the molecule is Cc1ccc(/C(Br)=C\C2CCCO2)cc1. The second-order valence-corrected chi connectivity index (χ2v) is 4.79. The first-order chi connectivity index (χ1) is 7.25. The van der Waals surface area contributed by atoms with Crippen molar-refractivity contribution in [1.29, 1.82) is 0 Å². The highest BCUT2D eigenvalue weighted by atomic mass is 79.9. The van der Waals surface area contributed by atoms with E-state index in [4.69, 9.17) is 4.74 Å². The number of rotatable bonds is 2. The first-order valence-corrected chi connectivity index (χ1v) is 6.11. The molecule has 1 heterocycles. The van der Waals surface area contributed by atoms with Crippen LogP contribution in [0.1, 0.15) is 24.0 Å². The Morgan fingerprint density at radius 2 is 2.13 bits per heavy atom. The Labute approximate surface area is 99.3 Å². The van der Waals surface area contributed by atoms with Crippen LogP contribution in [0, 0.1) is 6.92 Å². The highest BCUT2D eigenvalue weighted by Crippen LogP contribution is 2.25. The quantitative estimate of drug-likeness (QED) is 0.789. The summed E-state index contributed by atoms with van der Waals surface area (Å²) in [4.78, 5) is 0. The Hall–Kier alpha value is -0.600. The molecule has 1 fully saturated rings. The van der Waals surface area contributed by atoms with Gasteiger partial charge in [-0.15, -0.1) is 0 Å². The minimum Gasteiger partial charge on any atom is -0.374 e. The summed E-state index contributed by atoms with van der Waals surface area (Å²) >= 11 is 3.60. The Kier molecular flexibility index (Phi) is 3.60. The molecule has 1 aliphatic rings. The number of benzene rings is 1. The molecule has 80 valence electrons. The summed E-state index contributed by atoms with van der Waals surface area (Å²) < 4.78 is 6.70. The summed E-state index contributed by atoms with van der Waals surface area (Å²) in [7, 11) is 0. The lowest BCUT2D eigenvalue weighted by molar-refractivity contribution is 0.146. The maximum Gasteiger partial charge on any atom is 0.0770 e. The zero-order chi connectivity index (χ0) is 10.7. The monoisotopic (exact) mass is 266 g/mol. The fraction of sp³-hybridized carbons (Fsp3) is 0.385. The van der Waals surface area contributed by atoms with E-state index >= 15 is 0 Å². The maximum atomic E-state index is 5.56. The van der Waals surface area contributed by atoms with Crippen LogP contribution in [0.25, 0.3) is 4.48 Å². The molecule has 1 aliphatic heterocycles. The smallest absolute Gasteiger partial charge is 0.0770 e. The Morgan fingerprint density at radius 3 is 2.73 bits per heavy atom. The average molecular weight is 267 g/mol. The van der Waals surface area contributed by atoms with Crippen LogP contribution in [-0.4, -0.2) is 12.7 Å². The fourth-order valence-electron chi connectivity index (χ4n) is 1.71. The molecule has 1 saturated heterocycles. The Bertz CT molecular complexity index is 347. The van der Waals surface area contributed by atoms with Gasteiger partial charge in [-0.3, -0.25) is 0 Å². The molecule has 2 heteroatoms. The van der Waals surface area contributed by atoms with Crippen LogP contribution in [0.15, 0.2) is 30.3 Å². The molecule has 0 amide bonds. The predicted molar refractivity (Wildman–Crippen MR) is 67.1 cm³/mol. The first-order valence-electron chi connectivity index (χ1n) is 5.31. The van der Waals surface area contributed by atoms with Crippen molar-refractivity contribution in [3.8, 4) is 0 Å². The van der Waals surface area contributed by atoms with Crippen LogP contribution in [0.2, 0.25) is 0 Å². The first kappa shape index (κ1) is 10.9. The van der Waals surface area contributed by atoms with Crippen LogP contribution in [0.4, 0.5) is 0 Å². The van der Waals surface area contributed by atoms with Crippen molar-refractivity contribution in [2.45, 2.75) is 25.9 Å². The van der Waals surface area contributed by atoms with Gasteiger partial charge in [0.05, 0.1) is 6.10 Å². The molecule has 0 aromatic heterocycles. The highest BCUT2D eigenvalue weighted by molar-refractivity contribution is 9.15. The van der Waals surface area contributed by atoms with Gasteiger partial charge in [-0.25, -0.2) is 0 Å². The number of halogens is 1. The van der Waals surface area contributed by atoms with Gasteiger partial charge in [-0.05, 0) is 31.4 Å². The van der Waals surface area contributed by atoms with E-state index in [2.05, 4.69) is 53.2 Å². The van der Waals surface area contributed by atoms with E-state index < -0.39 is 0 Å². The van der Waals surface area contributed by atoms with Crippen LogP contribution in [0.3, 0.4) is 0 Å². The zero-order valence-corrected chi connectivity index (χ0v) is 10.5. The summed E-state index contributed by atoms with van der Waals surface area (Å²) in [6.07, 6.45) is 4.77. The summed E-state index contributed by atoms with van der Waals surface area (Å²) in [5.41, 5.74) is 2.51. The third-order valence-corrected chi connectivity index (χ3v) is 3.35. The van der Waals surface area contributed by atoms with Crippen LogP contribution in [0.5, 0.6) is 0 Å². The average Bonchev–Trinajstić information content (AvgIpc) is 2.71. The van der Waals surface area contributed by atoms with E-state index in [9.17, 15) is 0 Å².